The van der Waals surface area contributed by atoms with E-state index in [2.05, 4.69) is 43.7 Å². The number of aromatic amines is 1. The Bertz CT molecular complexity index is 1060. The molecule has 4 atom stereocenters. The van der Waals surface area contributed by atoms with E-state index in [1.165, 1.54) is 11.3 Å². The Balaban J connectivity index is 1.54. The fraction of sp³-hybridized carbons (Fsp3) is 0.667. The van der Waals surface area contributed by atoms with Crippen molar-refractivity contribution in [2.75, 3.05) is 6.54 Å². The summed E-state index contributed by atoms with van der Waals surface area (Å²) in [5.74, 6) is 1.77. The van der Waals surface area contributed by atoms with Crippen molar-refractivity contribution in [1.29, 1.82) is 0 Å². The van der Waals surface area contributed by atoms with Gasteiger partial charge in [0, 0.05) is 46.9 Å². The van der Waals surface area contributed by atoms with Gasteiger partial charge in [-0.3, -0.25) is 0 Å². The van der Waals surface area contributed by atoms with Gasteiger partial charge in [-0.1, -0.05) is 13.8 Å². The summed E-state index contributed by atoms with van der Waals surface area (Å²) < 4.78 is 6.55. The summed E-state index contributed by atoms with van der Waals surface area (Å²) in [6.45, 7) is 9.84. The molecule has 4 heterocycles. The first-order valence-corrected chi connectivity index (χ1v) is 12.0. The topological polar surface area (TPSA) is 73.7 Å². The van der Waals surface area contributed by atoms with Gasteiger partial charge in [0.25, 0.3) is 0 Å². The molecule has 3 fully saturated rings. The lowest BCUT2D eigenvalue weighted by atomic mass is 9.60. The standard InChI is InChI=1S/C24H33BN4O2/c1-14(2)17-12-24(30)7-5-15(11-24)19(17)21-20-16-6-9-26-22(16)27-13-18(20)25-29(28-21)10-8-23(3,4)31-25/h6,9,13-15,17,19,30H,5,7-8,10-12H2,1-4H3,(H,26,27)/t15-,17-,19-,24-/m0/s1. The first-order valence-electron chi connectivity index (χ1n) is 12.0. The fourth-order valence-electron chi connectivity index (χ4n) is 6.80. The molecule has 4 aliphatic rings. The second-order valence-electron chi connectivity index (χ2n) is 11.3. The van der Waals surface area contributed by atoms with E-state index in [1.807, 2.05) is 12.4 Å². The summed E-state index contributed by atoms with van der Waals surface area (Å²) in [4.78, 5) is 10.2. The highest BCUT2D eigenvalue weighted by Crippen LogP contribution is 2.54. The van der Waals surface area contributed by atoms with E-state index in [0.29, 0.717) is 23.7 Å². The summed E-state index contributed by atoms with van der Waals surface area (Å²) in [6, 6.07) is 2.14. The van der Waals surface area contributed by atoms with Crippen molar-refractivity contribution in [3.63, 3.8) is 0 Å². The fourth-order valence-corrected chi connectivity index (χ4v) is 6.80. The molecule has 2 aliphatic heterocycles. The van der Waals surface area contributed by atoms with Crippen LogP contribution in [0, 0.1) is 23.7 Å². The Morgan fingerprint density at radius 1 is 1.29 bits per heavy atom. The number of nitrogens with zero attached hydrogens (tertiary/aromatic N) is 3. The Morgan fingerprint density at radius 2 is 2.13 bits per heavy atom. The third kappa shape index (κ3) is 3.00. The summed E-state index contributed by atoms with van der Waals surface area (Å²) in [5.41, 5.74) is 3.83. The molecular weight excluding hydrogens is 387 g/mol. The second-order valence-corrected chi connectivity index (χ2v) is 11.3. The van der Waals surface area contributed by atoms with Gasteiger partial charge in [0.05, 0.1) is 11.3 Å². The Labute approximate surface area is 184 Å². The van der Waals surface area contributed by atoms with Gasteiger partial charge in [-0.25, -0.2) is 4.98 Å². The average molecular weight is 420 g/mol. The Kier molecular flexibility index (Phi) is 4.20. The van der Waals surface area contributed by atoms with Gasteiger partial charge in [-0.15, -0.1) is 0 Å². The summed E-state index contributed by atoms with van der Waals surface area (Å²) in [6.07, 6.45) is 8.74. The van der Waals surface area contributed by atoms with Crippen LogP contribution in [0.25, 0.3) is 11.0 Å². The molecular formula is C24H33BN4O2. The molecule has 0 radical (unpaired) electrons. The number of aromatic nitrogens is 2. The number of nitrogens with one attached hydrogen (secondary N) is 1. The smallest absolute Gasteiger partial charge is 0.407 e. The predicted molar refractivity (Wildman–Crippen MR) is 123 cm³/mol. The van der Waals surface area contributed by atoms with Crippen molar-refractivity contribution in [2.45, 2.75) is 71.0 Å². The average Bonchev–Trinajstić information content (AvgIpc) is 3.31. The van der Waals surface area contributed by atoms with Crippen LogP contribution in [0.15, 0.2) is 23.6 Å². The molecule has 2 saturated carbocycles. The molecule has 1 saturated heterocycles. The van der Waals surface area contributed by atoms with Crippen molar-refractivity contribution in [3.8, 4) is 0 Å². The zero-order valence-corrected chi connectivity index (χ0v) is 19.1. The van der Waals surface area contributed by atoms with E-state index >= 15 is 0 Å². The molecule has 31 heavy (non-hydrogen) atoms. The predicted octanol–water partition coefficient (Wildman–Crippen LogP) is 3.30. The minimum Gasteiger partial charge on any atom is -0.407 e. The van der Waals surface area contributed by atoms with Gasteiger partial charge in [0.1, 0.15) is 5.65 Å². The van der Waals surface area contributed by atoms with E-state index in [9.17, 15) is 5.11 Å². The minimum absolute atomic E-state index is 0.175. The lowest BCUT2D eigenvalue weighted by molar-refractivity contribution is -0.0222. The molecule has 6 nitrogen and oxygen atoms in total. The third-order valence-electron chi connectivity index (χ3n) is 8.40. The second kappa shape index (κ2) is 6.58. The van der Waals surface area contributed by atoms with Crippen molar-refractivity contribution in [2.24, 2.45) is 28.8 Å². The molecule has 0 spiro atoms. The minimum atomic E-state index is -0.476. The van der Waals surface area contributed by atoms with Gasteiger partial charge in [-0.05, 0) is 69.8 Å². The normalized spacial score (nSPS) is 34.1. The van der Waals surface area contributed by atoms with Gasteiger partial charge >= 0.3 is 7.05 Å². The van der Waals surface area contributed by atoms with Gasteiger partial charge in [0.15, 0.2) is 0 Å². The number of pyridine rings is 1. The molecule has 0 aromatic carbocycles. The molecule has 0 amide bonds. The highest BCUT2D eigenvalue weighted by molar-refractivity contribution is 6.68. The van der Waals surface area contributed by atoms with Crippen molar-refractivity contribution in [1.82, 2.24) is 14.9 Å². The Hall–Kier alpha value is -1.86. The molecule has 7 heteroatoms. The van der Waals surface area contributed by atoms with E-state index in [-0.39, 0.29) is 12.7 Å². The molecule has 6 rings (SSSR count). The van der Waals surface area contributed by atoms with Crippen LogP contribution in [-0.4, -0.2) is 50.5 Å². The maximum Gasteiger partial charge on any atom is 0.471 e. The SMILES string of the molecule is CC(C)[C@@H]1C[C@]2(O)CC[C@@H](C2)[C@@H]1C1=NN2CCC(C)(C)OB2c2cnc3[nH]ccc3c21. The van der Waals surface area contributed by atoms with E-state index in [4.69, 9.17) is 14.7 Å². The number of fused-ring (bicyclic) bond motifs is 7. The van der Waals surface area contributed by atoms with E-state index in [0.717, 1.165) is 55.1 Å². The number of hydrazone groups is 1. The zero-order valence-electron chi connectivity index (χ0n) is 19.1. The third-order valence-corrected chi connectivity index (χ3v) is 8.40. The molecule has 2 N–H and O–H groups in total. The highest BCUT2D eigenvalue weighted by atomic mass is 16.5. The summed E-state index contributed by atoms with van der Waals surface area (Å²) in [5, 5.41) is 17.6. The van der Waals surface area contributed by atoms with E-state index < -0.39 is 5.60 Å². The Morgan fingerprint density at radius 3 is 2.94 bits per heavy atom. The molecule has 164 valence electrons. The van der Waals surface area contributed by atoms with Crippen LogP contribution < -0.4 is 5.46 Å². The summed E-state index contributed by atoms with van der Waals surface area (Å²) in [7, 11) is -0.184. The van der Waals surface area contributed by atoms with Crippen molar-refractivity contribution >= 4 is 29.3 Å². The first-order chi connectivity index (χ1) is 14.7. The maximum absolute atomic E-state index is 11.2. The van der Waals surface area contributed by atoms with Crippen LogP contribution in [-0.2, 0) is 4.65 Å². The van der Waals surface area contributed by atoms with Gasteiger partial charge in [-0.2, -0.15) is 5.10 Å². The zero-order chi connectivity index (χ0) is 21.5. The molecule has 0 unspecified atom stereocenters. The van der Waals surface area contributed by atoms with Gasteiger partial charge < -0.3 is 19.7 Å². The molecule has 2 aliphatic carbocycles. The van der Waals surface area contributed by atoms with Crippen LogP contribution in [0.5, 0.6) is 0 Å². The van der Waals surface area contributed by atoms with Crippen LogP contribution >= 0.6 is 0 Å². The number of H-pyrrole nitrogens is 1. The number of aliphatic hydroxyl groups is 1. The maximum atomic E-state index is 11.2. The van der Waals surface area contributed by atoms with Crippen molar-refractivity contribution in [3.05, 3.63) is 24.0 Å². The van der Waals surface area contributed by atoms with Crippen LogP contribution in [0.4, 0.5) is 0 Å². The first kappa shape index (κ1) is 19.8. The number of hydrogen-bond donors (Lipinski definition) is 2. The monoisotopic (exact) mass is 420 g/mol. The number of hydrogen-bond acceptors (Lipinski definition) is 5. The van der Waals surface area contributed by atoms with Crippen LogP contribution in [0.1, 0.15) is 65.4 Å². The number of rotatable bonds is 2. The molecule has 2 bridgehead atoms. The molecule has 2 aromatic rings. The van der Waals surface area contributed by atoms with Crippen LogP contribution in [0.3, 0.4) is 0 Å². The van der Waals surface area contributed by atoms with Crippen LogP contribution in [0.2, 0.25) is 0 Å². The lowest BCUT2D eigenvalue weighted by Gasteiger charge is -2.47. The van der Waals surface area contributed by atoms with Gasteiger partial charge in [0.2, 0.25) is 0 Å². The van der Waals surface area contributed by atoms with Crippen molar-refractivity contribution < 1.29 is 9.76 Å². The lowest BCUT2D eigenvalue weighted by Crippen LogP contribution is -2.62. The summed E-state index contributed by atoms with van der Waals surface area (Å²) >= 11 is 0. The quantitative estimate of drug-likeness (QED) is 0.732. The molecule has 2 aromatic heterocycles. The highest BCUT2D eigenvalue weighted by Gasteiger charge is 2.54. The largest absolute Gasteiger partial charge is 0.471 e. The van der Waals surface area contributed by atoms with E-state index in [1.54, 1.807) is 0 Å².